The molecule has 4 heteroatoms. The van der Waals surface area contributed by atoms with E-state index in [-0.39, 0.29) is 6.61 Å². The number of nitrogens with one attached hydrogen (secondary N) is 1. The first-order chi connectivity index (χ1) is 7.24. The van der Waals surface area contributed by atoms with Crippen molar-refractivity contribution < 1.29 is 5.11 Å². The number of aliphatic hydroxyl groups is 1. The molecule has 0 fully saturated rings. The highest BCUT2D eigenvalue weighted by atomic mass is 79.9. The molecule has 0 heterocycles. The average molecular weight is 273 g/mol. The Hall–Kier alpha value is -0.740. The van der Waals surface area contributed by atoms with Crippen molar-refractivity contribution in [3.63, 3.8) is 0 Å². The molecule has 1 rings (SSSR count). The first kappa shape index (κ1) is 12.3. The third-order valence-corrected chi connectivity index (χ3v) is 2.66. The number of hydrogen-bond acceptors (Lipinski definition) is 3. The van der Waals surface area contributed by atoms with E-state index in [4.69, 9.17) is 10.8 Å². The Kier molecular flexibility index (Phi) is 5.50. The second-order valence-electron chi connectivity index (χ2n) is 3.44. The van der Waals surface area contributed by atoms with Gasteiger partial charge in [-0.05, 0) is 37.5 Å². The van der Waals surface area contributed by atoms with E-state index in [0.717, 1.165) is 41.7 Å². The SMILES string of the molecule is Nc1cc(Br)ccc1NCCCCCO. The normalized spacial score (nSPS) is 10.3. The Bertz CT molecular complexity index is 305. The van der Waals surface area contributed by atoms with Crippen LogP contribution in [0.3, 0.4) is 0 Å². The van der Waals surface area contributed by atoms with E-state index in [1.54, 1.807) is 0 Å². The van der Waals surface area contributed by atoms with E-state index < -0.39 is 0 Å². The first-order valence-electron chi connectivity index (χ1n) is 5.14. The Morgan fingerprint density at radius 3 is 2.73 bits per heavy atom. The zero-order valence-electron chi connectivity index (χ0n) is 8.67. The maximum Gasteiger partial charge on any atom is 0.0574 e. The second kappa shape index (κ2) is 6.69. The van der Waals surface area contributed by atoms with Crippen molar-refractivity contribution in [1.82, 2.24) is 0 Å². The van der Waals surface area contributed by atoms with Crippen molar-refractivity contribution in [2.45, 2.75) is 19.3 Å². The zero-order valence-corrected chi connectivity index (χ0v) is 10.3. The average Bonchev–Trinajstić information content (AvgIpc) is 2.20. The molecule has 0 aromatic heterocycles. The summed E-state index contributed by atoms with van der Waals surface area (Å²) in [6, 6.07) is 5.81. The standard InChI is InChI=1S/C11H17BrN2O/c12-9-4-5-11(10(13)8-9)14-6-2-1-3-7-15/h4-5,8,14-15H,1-3,6-7,13H2. The summed E-state index contributed by atoms with van der Waals surface area (Å²) in [6.45, 7) is 1.17. The van der Waals surface area contributed by atoms with Gasteiger partial charge in [0.25, 0.3) is 0 Å². The highest BCUT2D eigenvalue weighted by Crippen LogP contribution is 2.22. The summed E-state index contributed by atoms with van der Waals surface area (Å²) in [5, 5.41) is 11.9. The third-order valence-electron chi connectivity index (χ3n) is 2.16. The molecule has 84 valence electrons. The Morgan fingerprint density at radius 2 is 2.07 bits per heavy atom. The van der Waals surface area contributed by atoms with Crippen LogP contribution in [0.5, 0.6) is 0 Å². The molecule has 15 heavy (non-hydrogen) atoms. The number of nitrogens with two attached hydrogens (primary N) is 1. The summed E-state index contributed by atoms with van der Waals surface area (Å²) >= 11 is 3.36. The summed E-state index contributed by atoms with van der Waals surface area (Å²) < 4.78 is 0.992. The lowest BCUT2D eigenvalue weighted by Gasteiger charge is -2.09. The van der Waals surface area contributed by atoms with Crippen molar-refractivity contribution in [2.24, 2.45) is 0 Å². The van der Waals surface area contributed by atoms with Gasteiger partial charge in [-0.2, -0.15) is 0 Å². The van der Waals surface area contributed by atoms with Gasteiger partial charge < -0.3 is 16.2 Å². The molecule has 0 aliphatic carbocycles. The summed E-state index contributed by atoms with van der Waals surface area (Å²) in [4.78, 5) is 0. The van der Waals surface area contributed by atoms with E-state index in [1.807, 2.05) is 18.2 Å². The van der Waals surface area contributed by atoms with Crippen LogP contribution in [-0.4, -0.2) is 18.3 Å². The first-order valence-corrected chi connectivity index (χ1v) is 5.93. The topological polar surface area (TPSA) is 58.3 Å². The quantitative estimate of drug-likeness (QED) is 0.551. The van der Waals surface area contributed by atoms with Gasteiger partial charge in [-0.25, -0.2) is 0 Å². The fourth-order valence-electron chi connectivity index (χ4n) is 1.33. The van der Waals surface area contributed by atoms with Gasteiger partial charge in [-0.3, -0.25) is 0 Å². The minimum absolute atomic E-state index is 0.278. The van der Waals surface area contributed by atoms with Crippen molar-refractivity contribution in [3.05, 3.63) is 22.7 Å². The summed E-state index contributed by atoms with van der Waals surface area (Å²) in [5.41, 5.74) is 7.56. The van der Waals surface area contributed by atoms with Crippen LogP contribution in [0.25, 0.3) is 0 Å². The molecule has 0 unspecified atom stereocenters. The van der Waals surface area contributed by atoms with Gasteiger partial charge >= 0.3 is 0 Å². The molecule has 0 spiro atoms. The van der Waals surface area contributed by atoms with Crippen LogP contribution >= 0.6 is 15.9 Å². The fourth-order valence-corrected chi connectivity index (χ4v) is 1.71. The fraction of sp³-hybridized carbons (Fsp3) is 0.455. The van der Waals surface area contributed by atoms with Crippen LogP contribution in [0, 0.1) is 0 Å². The number of halogens is 1. The number of aliphatic hydroxyl groups excluding tert-OH is 1. The molecule has 0 aliphatic rings. The van der Waals surface area contributed by atoms with Crippen molar-refractivity contribution in [1.29, 1.82) is 0 Å². The van der Waals surface area contributed by atoms with Crippen LogP contribution in [0.2, 0.25) is 0 Å². The zero-order chi connectivity index (χ0) is 11.1. The van der Waals surface area contributed by atoms with Gasteiger partial charge in [0.2, 0.25) is 0 Å². The lowest BCUT2D eigenvalue weighted by atomic mass is 10.2. The van der Waals surface area contributed by atoms with Gasteiger partial charge in [-0.15, -0.1) is 0 Å². The highest BCUT2D eigenvalue weighted by Gasteiger charge is 1.98. The van der Waals surface area contributed by atoms with Gasteiger partial charge in [0.1, 0.15) is 0 Å². The molecule has 1 aromatic carbocycles. The van der Waals surface area contributed by atoms with Crippen molar-refractivity contribution >= 4 is 27.3 Å². The number of benzene rings is 1. The molecule has 0 amide bonds. The third kappa shape index (κ3) is 4.53. The minimum Gasteiger partial charge on any atom is -0.397 e. The second-order valence-corrected chi connectivity index (χ2v) is 4.36. The molecular formula is C11H17BrN2O. The molecule has 0 saturated heterocycles. The monoisotopic (exact) mass is 272 g/mol. The Morgan fingerprint density at radius 1 is 1.27 bits per heavy atom. The molecule has 4 N–H and O–H groups in total. The Balaban J connectivity index is 2.31. The number of rotatable bonds is 6. The predicted octanol–water partition coefficient (Wildman–Crippen LogP) is 2.61. The highest BCUT2D eigenvalue weighted by molar-refractivity contribution is 9.10. The largest absolute Gasteiger partial charge is 0.397 e. The van der Waals surface area contributed by atoms with Crippen LogP contribution < -0.4 is 11.1 Å². The molecule has 3 nitrogen and oxygen atoms in total. The van der Waals surface area contributed by atoms with E-state index in [9.17, 15) is 0 Å². The maximum atomic E-state index is 8.61. The number of hydrogen-bond donors (Lipinski definition) is 3. The molecule has 0 atom stereocenters. The Labute approximate surface area is 98.8 Å². The van der Waals surface area contributed by atoms with E-state index in [1.165, 1.54) is 0 Å². The minimum atomic E-state index is 0.278. The van der Waals surface area contributed by atoms with E-state index >= 15 is 0 Å². The van der Waals surface area contributed by atoms with Gasteiger partial charge in [0, 0.05) is 17.6 Å². The van der Waals surface area contributed by atoms with Crippen LogP contribution in [-0.2, 0) is 0 Å². The van der Waals surface area contributed by atoms with Gasteiger partial charge in [0.15, 0.2) is 0 Å². The molecule has 0 radical (unpaired) electrons. The summed E-state index contributed by atoms with van der Waals surface area (Å²) in [7, 11) is 0. The summed E-state index contributed by atoms with van der Waals surface area (Å²) in [5.74, 6) is 0. The number of nitrogen functional groups attached to an aromatic ring is 1. The molecular weight excluding hydrogens is 256 g/mol. The molecule has 0 bridgehead atoms. The molecule has 0 aliphatic heterocycles. The van der Waals surface area contributed by atoms with Crippen LogP contribution in [0.4, 0.5) is 11.4 Å². The summed E-state index contributed by atoms with van der Waals surface area (Å²) in [6.07, 6.45) is 2.97. The predicted molar refractivity (Wildman–Crippen MR) is 68.0 cm³/mol. The number of anilines is 2. The van der Waals surface area contributed by atoms with Gasteiger partial charge in [-0.1, -0.05) is 15.9 Å². The van der Waals surface area contributed by atoms with Crippen molar-refractivity contribution in [3.8, 4) is 0 Å². The van der Waals surface area contributed by atoms with E-state index in [2.05, 4.69) is 21.2 Å². The lowest BCUT2D eigenvalue weighted by molar-refractivity contribution is 0.283. The number of unbranched alkanes of at least 4 members (excludes halogenated alkanes) is 2. The smallest absolute Gasteiger partial charge is 0.0574 e. The maximum absolute atomic E-state index is 8.61. The van der Waals surface area contributed by atoms with Gasteiger partial charge in [0.05, 0.1) is 11.4 Å². The lowest BCUT2D eigenvalue weighted by Crippen LogP contribution is -2.04. The van der Waals surface area contributed by atoms with Crippen LogP contribution in [0.1, 0.15) is 19.3 Å². The van der Waals surface area contributed by atoms with Crippen LogP contribution in [0.15, 0.2) is 22.7 Å². The molecule has 1 aromatic rings. The van der Waals surface area contributed by atoms with E-state index in [0.29, 0.717) is 0 Å². The molecule has 0 saturated carbocycles. The van der Waals surface area contributed by atoms with Crippen molar-refractivity contribution in [2.75, 3.05) is 24.2 Å².